The van der Waals surface area contributed by atoms with Crippen LogP contribution in [0.4, 0.5) is 5.69 Å². The molecule has 1 aliphatic rings. The summed E-state index contributed by atoms with van der Waals surface area (Å²) in [6, 6.07) is 1.84. The summed E-state index contributed by atoms with van der Waals surface area (Å²) >= 11 is 0. The van der Waals surface area contributed by atoms with E-state index >= 15 is 0 Å². The minimum absolute atomic E-state index is 0.00817. The second-order valence-corrected chi connectivity index (χ2v) is 4.51. The fourth-order valence-corrected chi connectivity index (χ4v) is 2.08. The molecule has 1 saturated heterocycles. The van der Waals surface area contributed by atoms with E-state index in [4.69, 9.17) is 0 Å². The molecule has 0 bridgehead atoms. The summed E-state index contributed by atoms with van der Waals surface area (Å²) in [5, 5.41) is 5.77. The van der Waals surface area contributed by atoms with Gasteiger partial charge in [-0.05, 0) is 13.0 Å². The first-order valence-corrected chi connectivity index (χ1v) is 6.32. The Hall–Kier alpha value is -2.11. The van der Waals surface area contributed by atoms with Gasteiger partial charge >= 0.3 is 0 Å². The molecule has 0 atom stereocenters. The Morgan fingerprint density at radius 1 is 1.47 bits per heavy atom. The van der Waals surface area contributed by atoms with E-state index in [2.05, 4.69) is 15.6 Å². The molecular formula is C13H18N4O2. The van der Waals surface area contributed by atoms with Crippen molar-refractivity contribution in [3.8, 4) is 0 Å². The third-order valence-electron chi connectivity index (χ3n) is 3.14. The number of aromatic nitrogens is 1. The van der Waals surface area contributed by atoms with Crippen molar-refractivity contribution >= 4 is 17.5 Å². The molecule has 2 heterocycles. The zero-order valence-electron chi connectivity index (χ0n) is 11.2. The topological polar surface area (TPSA) is 74.3 Å². The second kappa shape index (κ2) is 5.69. The Morgan fingerprint density at radius 2 is 2.26 bits per heavy atom. The smallest absolute Gasteiger partial charge is 0.257 e. The van der Waals surface area contributed by atoms with Crippen molar-refractivity contribution < 1.29 is 9.59 Å². The van der Waals surface area contributed by atoms with Crippen molar-refractivity contribution in [1.82, 2.24) is 15.2 Å². The molecule has 2 rings (SSSR count). The molecule has 1 fully saturated rings. The predicted molar refractivity (Wildman–Crippen MR) is 72.1 cm³/mol. The van der Waals surface area contributed by atoms with Crippen LogP contribution < -0.4 is 10.6 Å². The van der Waals surface area contributed by atoms with Crippen molar-refractivity contribution in [2.75, 3.05) is 32.0 Å². The zero-order chi connectivity index (χ0) is 13.8. The molecule has 0 radical (unpaired) electrons. The van der Waals surface area contributed by atoms with E-state index in [1.165, 1.54) is 0 Å². The summed E-state index contributed by atoms with van der Waals surface area (Å²) in [4.78, 5) is 29.6. The van der Waals surface area contributed by atoms with Crippen molar-refractivity contribution in [2.45, 2.75) is 13.3 Å². The van der Waals surface area contributed by atoms with Gasteiger partial charge < -0.3 is 15.5 Å². The number of carbonyl (C=O) groups is 2. The molecule has 0 aromatic carbocycles. The van der Waals surface area contributed by atoms with Gasteiger partial charge in [0.15, 0.2) is 0 Å². The van der Waals surface area contributed by atoms with Crippen LogP contribution in [0.15, 0.2) is 12.3 Å². The molecule has 0 saturated carbocycles. The third-order valence-corrected chi connectivity index (χ3v) is 3.14. The maximum atomic E-state index is 12.5. The van der Waals surface area contributed by atoms with Gasteiger partial charge in [-0.25, -0.2) is 0 Å². The molecule has 1 aromatic rings. The number of hydrogen-bond donors (Lipinski definition) is 2. The molecule has 102 valence electrons. The van der Waals surface area contributed by atoms with Crippen LogP contribution in [0.2, 0.25) is 0 Å². The van der Waals surface area contributed by atoms with E-state index in [1.807, 2.05) is 13.0 Å². The largest absolute Gasteiger partial charge is 0.387 e. The van der Waals surface area contributed by atoms with Gasteiger partial charge in [-0.1, -0.05) is 0 Å². The first-order chi connectivity index (χ1) is 9.11. The lowest BCUT2D eigenvalue weighted by atomic mass is 10.1. The molecule has 1 aromatic heterocycles. The van der Waals surface area contributed by atoms with E-state index in [-0.39, 0.29) is 11.8 Å². The lowest BCUT2D eigenvalue weighted by molar-refractivity contribution is -0.120. The number of rotatable bonds is 2. The number of pyridine rings is 1. The predicted octanol–water partition coefficient (Wildman–Crippen LogP) is 0.394. The summed E-state index contributed by atoms with van der Waals surface area (Å²) in [7, 11) is 1.78. The monoisotopic (exact) mass is 262 g/mol. The summed E-state index contributed by atoms with van der Waals surface area (Å²) in [6.07, 6.45) is 1.93. The minimum atomic E-state index is -0.0895. The van der Waals surface area contributed by atoms with Gasteiger partial charge in [0.05, 0.1) is 11.3 Å². The minimum Gasteiger partial charge on any atom is -0.387 e. The van der Waals surface area contributed by atoms with Crippen LogP contribution in [-0.2, 0) is 4.79 Å². The number of carbonyl (C=O) groups excluding carboxylic acids is 2. The van der Waals surface area contributed by atoms with Gasteiger partial charge in [-0.2, -0.15) is 0 Å². The standard InChI is InChI=1S/C13H18N4O2/c1-9-7-11(14-2)10(8-16-9)13(19)17-5-3-12(18)15-4-6-17/h7-8H,3-6H2,1-2H3,(H,14,16)(H,15,18). The summed E-state index contributed by atoms with van der Waals surface area (Å²) < 4.78 is 0. The van der Waals surface area contributed by atoms with E-state index in [1.54, 1.807) is 18.1 Å². The fraction of sp³-hybridized carbons (Fsp3) is 0.462. The Bertz CT molecular complexity index is 501. The quantitative estimate of drug-likeness (QED) is 0.808. The van der Waals surface area contributed by atoms with Crippen molar-refractivity contribution in [3.05, 3.63) is 23.5 Å². The lowest BCUT2D eigenvalue weighted by Gasteiger charge is -2.21. The maximum absolute atomic E-state index is 12.5. The Balaban J connectivity index is 2.21. The summed E-state index contributed by atoms with van der Waals surface area (Å²) in [5.74, 6) is -0.0977. The van der Waals surface area contributed by atoms with Gasteiger partial charge in [0.25, 0.3) is 5.91 Å². The van der Waals surface area contributed by atoms with Crippen LogP contribution in [0.5, 0.6) is 0 Å². The Morgan fingerprint density at radius 3 is 3.00 bits per heavy atom. The lowest BCUT2D eigenvalue weighted by Crippen LogP contribution is -2.34. The van der Waals surface area contributed by atoms with E-state index in [0.717, 1.165) is 11.4 Å². The van der Waals surface area contributed by atoms with Crippen LogP contribution in [0, 0.1) is 6.92 Å². The normalized spacial score (nSPS) is 15.7. The average Bonchev–Trinajstić information content (AvgIpc) is 2.62. The zero-order valence-corrected chi connectivity index (χ0v) is 11.2. The molecular weight excluding hydrogens is 244 g/mol. The van der Waals surface area contributed by atoms with Gasteiger partial charge in [-0.15, -0.1) is 0 Å². The summed E-state index contributed by atoms with van der Waals surface area (Å²) in [5.41, 5.74) is 2.16. The molecule has 1 aliphatic heterocycles. The van der Waals surface area contributed by atoms with Gasteiger partial charge in [0, 0.05) is 45.0 Å². The SMILES string of the molecule is CNc1cc(C)ncc1C(=O)N1CCNC(=O)CC1. The molecule has 19 heavy (non-hydrogen) atoms. The number of nitrogens with one attached hydrogen (secondary N) is 2. The van der Waals surface area contributed by atoms with Crippen LogP contribution in [-0.4, -0.2) is 48.4 Å². The Kier molecular flexibility index (Phi) is 3.99. The molecule has 0 spiro atoms. The van der Waals surface area contributed by atoms with Gasteiger partial charge in [-0.3, -0.25) is 14.6 Å². The first kappa shape index (κ1) is 13.3. The number of nitrogens with zero attached hydrogens (tertiary/aromatic N) is 2. The van der Waals surface area contributed by atoms with E-state index in [0.29, 0.717) is 31.6 Å². The highest BCUT2D eigenvalue weighted by Crippen LogP contribution is 2.17. The second-order valence-electron chi connectivity index (χ2n) is 4.51. The van der Waals surface area contributed by atoms with Crippen molar-refractivity contribution in [1.29, 1.82) is 0 Å². The molecule has 2 amide bonds. The number of amides is 2. The number of anilines is 1. The average molecular weight is 262 g/mol. The molecule has 2 N–H and O–H groups in total. The van der Waals surface area contributed by atoms with Crippen LogP contribution in [0.3, 0.4) is 0 Å². The van der Waals surface area contributed by atoms with Gasteiger partial charge in [0.1, 0.15) is 0 Å². The van der Waals surface area contributed by atoms with Crippen LogP contribution in [0.1, 0.15) is 22.5 Å². The van der Waals surface area contributed by atoms with Crippen molar-refractivity contribution in [2.24, 2.45) is 0 Å². The summed E-state index contributed by atoms with van der Waals surface area (Å²) in [6.45, 7) is 3.35. The van der Waals surface area contributed by atoms with Crippen LogP contribution >= 0.6 is 0 Å². The third kappa shape index (κ3) is 3.01. The highest BCUT2D eigenvalue weighted by Gasteiger charge is 2.22. The highest BCUT2D eigenvalue weighted by molar-refractivity contribution is 5.99. The first-order valence-electron chi connectivity index (χ1n) is 6.32. The Labute approximate surface area is 112 Å². The van der Waals surface area contributed by atoms with Gasteiger partial charge in [0.2, 0.25) is 5.91 Å². The molecule has 6 heteroatoms. The fourth-order valence-electron chi connectivity index (χ4n) is 2.08. The van der Waals surface area contributed by atoms with Crippen LogP contribution in [0.25, 0.3) is 0 Å². The molecule has 6 nitrogen and oxygen atoms in total. The number of hydrogen-bond acceptors (Lipinski definition) is 4. The number of aryl methyl sites for hydroxylation is 1. The maximum Gasteiger partial charge on any atom is 0.257 e. The molecule has 0 unspecified atom stereocenters. The van der Waals surface area contributed by atoms with E-state index in [9.17, 15) is 9.59 Å². The molecule has 0 aliphatic carbocycles. The van der Waals surface area contributed by atoms with Crippen molar-refractivity contribution in [3.63, 3.8) is 0 Å². The van der Waals surface area contributed by atoms with E-state index < -0.39 is 0 Å². The highest BCUT2D eigenvalue weighted by atomic mass is 16.2.